The summed E-state index contributed by atoms with van der Waals surface area (Å²) >= 11 is 1.98. The van der Waals surface area contributed by atoms with Crippen LogP contribution in [-0.2, 0) is 0 Å². The van der Waals surface area contributed by atoms with E-state index in [1.807, 2.05) is 11.8 Å². The van der Waals surface area contributed by atoms with Crippen LogP contribution in [0.2, 0.25) is 0 Å². The third kappa shape index (κ3) is 2.82. The lowest BCUT2D eigenvalue weighted by Gasteiger charge is -2.15. The summed E-state index contributed by atoms with van der Waals surface area (Å²) in [7, 11) is 0. The number of thioether (sulfide) groups is 1. The minimum Gasteiger partial charge on any atom is -0.339 e. The van der Waals surface area contributed by atoms with Gasteiger partial charge in [-0.15, -0.1) is 0 Å². The average molecular weight is 281 g/mol. The molecule has 4 atom stereocenters. The minimum atomic E-state index is 0.394. The normalized spacial score (nSPS) is 35.1. The highest BCUT2D eigenvalue weighted by molar-refractivity contribution is 7.99. The van der Waals surface area contributed by atoms with Crippen LogP contribution in [0.15, 0.2) is 4.52 Å². The Morgan fingerprint density at radius 3 is 3.00 bits per heavy atom. The Balaban J connectivity index is 1.70. The molecule has 5 heteroatoms. The summed E-state index contributed by atoms with van der Waals surface area (Å²) in [6, 6.07) is 0.491. The molecule has 4 unspecified atom stereocenters. The molecule has 1 aromatic heterocycles. The van der Waals surface area contributed by atoms with E-state index in [1.165, 1.54) is 19.3 Å². The molecule has 3 rings (SSSR count). The molecular formula is C14H23N3OS. The Kier molecular flexibility index (Phi) is 4.12. The van der Waals surface area contributed by atoms with E-state index in [0.717, 1.165) is 35.7 Å². The van der Waals surface area contributed by atoms with E-state index in [0.29, 0.717) is 17.9 Å². The van der Waals surface area contributed by atoms with Gasteiger partial charge < -0.3 is 9.84 Å². The second-order valence-electron chi connectivity index (χ2n) is 5.91. The molecular weight excluding hydrogens is 258 g/mol. The monoisotopic (exact) mass is 281 g/mol. The summed E-state index contributed by atoms with van der Waals surface area (Å²) < 4.78 is 5.56. The lowest BCUT2D eigenvalue weighted by molar-refractivity contribution is 0.335. The van der Waals surface area contributed by atoms with Gasteiger partial charge in [0.25, 0.3) is 0 Å². The first kappa shape index (κ1) is 13.4. The molecule has 1 saturated carbocycles. The third-order valence-electron chi connectivity index (χ3n) is 4.38. The second-order valence-corrected chi connectivity index (χ2v) is 6.99. The van der Waals surface area contributed by atoms with E-state index in [-0.39, 0.29) is 0 Å². The van der Waals surface area contributed by atoms with Gasteiger partial charge in [-0.3, -0.25) is 0 Å². The van der Waals surface area contributed by atoms with Crippen molar-refractivity contribution < 1.29 is 4.52 Å². The van der Waals surface area contributed by atoms with Crippen molar-refractivity contribution in [2.75, 3.05) is 18.1 Å². The predicted molar refractivity (Wildman–Crippen MR) is 77.6 cm³/mol. The van der Waals surface area contributed by atoms with Crippen molar-refractivity contribution in [1.82, 2.24) is 15.5 Å². The van der Waals surface area contributed by atoms with Crippen molar-refractivity contribution in [2.45, 2.75) is 51.0 Å². The standard InChI is InChI=1S/C14H23N3OS/c1-3-15-12-8-19-7-11(12)14-16-13(17-18-14)10-5-4-9(2)6-10/h9-12,15H,3-8H2,1-2H3. The number of rotatable bonds is 4. The Labute approximate surface area is 119 Å². The van der Waals surface area contributed by atoms with Crippen molar-refractivity contribution in [2.24, 2.45) is 5.92 Å². The summed E-state index contributed by atoms with van der Waals surface area (Å²) in [4.78, 5) is 4.71. The second kappa shape index (κ2) is 5.83. The van der Waals surface area contributed by atoms with Gasteiger partial charge in [-0.25, -0.2) is 0 Å². The average Bonchev–Trinajstić information content (AvgIpc) is 3.07. The fraction of sp³-hybridized carbons (Fsp3) is 0.857. The first-order chi connectivity index (χ1) is 9.28. The molecule has 1 aliphatic heterocycles. The van der Waals surface area contributed by atoms with Crippen molar-refractivity contribution in [1.29, 1.82) is 0 Å². The Morgan fingerprint density at radius 2 is 2.26 bits per heavy atom. The van der Waals surface area contributed by atoms with Crippen LogP contribution in [0.3, 0.4) is 0 Å². The highest BCUT2D eigenvalue weighted by atomic mass is 32.2. The van der Waals surface area contributed by atoms with Crippen LogP contribution >= 0.6 is 11.8 Å². The molecule has 0 spiro atoms. The van der Waals surface area contributed by atoms with Crippen molar-refractivity contribution in [3.05, 3.63) is 11.7 Å². The molecule has 1 saturated heterocycles. The number of nitrogens with one attached hydrogen (secondary N) is 1. The van der Waals surface area contributed by atoms with Gasteiger partial charge in [-0.05, 0) is 31.7 Å². The number of aromatic nitrogens is 2. The van der Waals surface area contributed by atoms with Gasteiger partial charge in [0.1, 0.15) is 0 Å². The lowest BCUT2D eigenvalue weighted by atomic mass is 10.0. The number of hydrogen-bond donors (Lipinski definition) is 1. The molecule has 2 aliphatic rings. The van der Waals surface area contributed by atoms with Crippen LogP contribution in [-0.4, -0.2) is 34.2 Å². The zero-order valence-electron chi connectivity index (χ0n) is 11.8. The van der Waals surface area contributed by atoms with Crippen molar-refractivity contribution in [3.63, 3.8) is 0 Å². The summed E-state index contributed by atoms with van der Waals surface area (Å²) in [5.74, 6) is 5.78. The highest BCUT2D eigenvalue weighted by Crippen LogP contribution is 2.38. The topological polar surface area (TPSA) is 51.0 Å². The SMILES string of the molecule is CCNC1CSCC1c1nc(C2CCC(C)C2)no1. The van der Waals surface area contributed by atoms with Crippen LogP contribution in [0.25, 0.3) is 0 Å². The minimum absolute atomic E-state index is 0.394. The maximum Gasteiger partial charge on any atom is 0.232 e. The zero-order valence-corrected chi connectivity index (χ0v) is 12.6. The van der Waals surface area contributed by atoms with E-state index in [9.17, 15) is 0 Å². The van der Waals surface area contributed by atoms with Gasteiger partial charge >= 0.3 is 0 Å². The van der Waals surface area contributed by atoms with E-state index >= 15 is 0 Å². The molecule has 19 heavy (non-hydrogen) atoms. The van der Waals surface area contributed by atoms with Crippen molar-refractivity contribution >= 4 is 11.8 Å². The maximum atomic E-state index is 5.56. The first-order valence-corrected chi connectivity index (χ1v) is 8.58. The zero-order chi connectivity index (χ0) is 13.2. The number of hydrogen-bond acceptors (Lipinski definition) is 5. The smallest absolute Gasteiger partial charge is 0.232 e. The van der Waals surface area contributed by atoms with E-state index in [1.54, 1.807) is 0 Å². The number of nitrogens with zero attached hydrogens (tertiary/aromatic N) is 2. The summed E-state index contributed by atoms with van der Waals surface area (Å²) in [6.07, 6.45) is 3.74. The molecule has 1 N–H and O–H groups in total. The molecule has 0 amide bonds. The summed E-state index contributed by atoms with van der Waals surface area (Å²) in [5.41, 5.74) is 0. The Morgan fingerprint density at radius 1 is 1.37 bits per heavy atom. The van der Waals surface area contributed by atoms with Gasteiger partial charge in [0.05, 0.1) is 5.92 Å². The van der Waals surface area contributed by atoms with Gasteiger partial charge in [-0.1, -0.05) is 19.0 Å². The Hall–Kier alpha value is -0.550. The third-order valence-corrected chi connectivity index (χ3v) is 5.57. The summed E-state index contributed by atoms with van der Waals surface area (Å²) in [5, 5.41) is 7.78. The fourth-order valence-electron chi connectivity index (χ4n) is 3.27. The lowest BCUT2D eigenvalue weighted by Crippen LogP contribution is -2.34. The molecule has 1 aromatic rings. The van der Waals surface area contributed by atoms with Gasteiger partial charge in [0, 0.05) is 23.5 Å². The first-order valence-electron chi connectivity index (χ1n) is 7.42. The van der Waals surface area contributed by atoms with Gasteiger partial charge in [0.15, 0.2) is 5.82 Å². The fourth-order valence-corrected chi connectivity index (χ4v) is 4.64. The molecule has 2 heterocycles. The highest BCUT2D eigenvalue weighted by Gasteiger charge is 2.34. The van der Waals surface area contributed by atoms with Gasteiger partial charge in [-0.2, -0.15) is 16.7 Å². The molecule has 4 nitrogen and oxygen atoms in total. The molecule has 0 aromatic carbocycles. The Bertz CT molecular complexity index is 423. The van der Waals surface area contributed by atoms with Crippen LogP contribution < -0.4 is 5.32 Å². The van der Waals surface area contributed by atoms with E-state index in [2.05, 4.69) is 24.3 Å². The van der Waals surface area contributed by atoms with Crippen LogP contribution in [0.5, 0.6) is 0 Å². The van der Waals surface area contributed by atoms with Crippen LogP contribution in [0, 0.1) is 5.92 Å². The molecule has 2 fully saturated rings. The van der Waals surface area contributed by atoms with E-state index in [4.69, 9.17) is 9.51 Å². The van der Waals surface area contributed by atoms with Crippen LogP contribution in [0.1, 0.15) is 56.7 Å². The molecule has 1 aliphatic carbocycles. The molecule has 0 radical (unpaired) electrons. The maximum absolute atomic E-state index is 5.56. The van der Waals surface area contributed by atoms with E-state index < -0.39 is 0 Å². The van der Waals surface area contributed by atoms with Crippen molar-refractivity contribution in [3.8, 4) is 0 Å². The number of likely N-dealkylation sites (N-methyl/N-ethyl adjacent to an activating group) is 1. The van der Waals surface area contributed by atoms with Gasteiger partial charge in [0.2, 0.25) is 5.89 Å². The van der Waals surface area contributed by atoms with Crippen LogP contribution in [0.4, 0.5) is 0 Å². The summed E-state index contributed by atoms with van der Waals surface area (Å²) in [6.45, 7) is 5.47. The quantitative estimate of drug-likeness (QED) is 0.919. The molecule has 0 bridgehead atoms. The molecule has 106 valence electrons. The largest absolute Gasteiger partial charge is 0.339 e. The predicted octanol–water partition coefficient (Wildman–Crippen LogP) is 2.78.